The molecule has 1 N–H and O–H groups in total. The highest BCUT2D eigenvalue weighted by atomic mass is 16.6. The highest BCUT2D eigenvalue weighted by molar-refractivity contribution is 4.81. The van der Waals surface area contributed by atoms with Crippen LogP contribution in [-0.2, 0) is 4.74 Å². The van der Waals surface area contributed by atoms with E-state index in [4.69, 9.17) is 4.74 Å². The van der Waals surface area contributed by atoms with E-state index in [1.807, 2.05) is 0 Å². The molecule has 1 saturated heterocycles. The van der Waals surface area contributed by atoms with Crippen LogP contribution in [0.3, 0.4) is 0 Å². The zero-order valence-corrected chi connectivity index (χ0v) is 13.8. The van der Waals surface area contributed by atoms with Gasteiger partial charge in [0.05, 0.1) is 18.3 Å². The number of epoxide rings is 1. The Morgan fingerprint density at radius 2 is 1.45 bits per heavy atom. The summed E-state index contributed by atoms with van der Waals surface area (Å²) >= 11 is 0. The molecule has 0 radical (unpaired) electrons. The molecule has 0 spiro atoms. The van der Waals surface area contributed by atoms with Gasteiger partial charge in [0.2, 0.25) is 0 Å². The van der Waals surface area contributed by atoms with Crippen LogP contribution in [0.25, 0.3) is 0 Å². The van der Waals surface area contributed by atoms with E-state index >= 15 is 0 Å². The first kappa shape index (κ1) is 18.0. The normalized spacial score (nSPS) is 23.9. The van der Waals surface area contributed by atoms with Crippen LogP contribution in [0.4, 0.5) is 0 Å². The molecule has 0 aromatic carbocycles. The SMILES string of the molecule is CC1CO1.CCCCCCCCCC1(O)CCCCC1. The molecule has 1 saturated carbocycles. The summed E-state index contributed by atoms with van der Waals surface area (Å²) in [5, 5.41) is 10.3. The first-order chi connectivity index (χ1) is 9.66. The number of rotatable bonds is 8. The quantitative estimate of drug-likeness (QED) is 0.489. The predicted octanol–water partition coefficient (Wildman–Crippen LogP) is 5.23. The second-order valence-electron chi connectivity index (χ2n) is 6.80. The maximum absolute atomic E-state index is 10.3. The minimum Gasteiger partial charge on any atom is -0.390 e. The Morgan fingerprint density at radius 1 is 0.950 bits per heavy atom. The number of hydrogen-bond acceptors (Lipinski definition) is 2. The fourth-order valence-corrected chi connectivity index (χ4v) is 2.97. The Bertz CT molecular complexity index is 217. The summed E-state index contributed by atoms with van der Waals surface area (Å²) in [4.78, 5) is 0. The Balaban J connectivity index is 0.000000425. The molecule has 20 heavy (non-hydrogen) atoms. The molecule has 0 aromatic rings. The Hall–Kier alpha value is -0.0800. The van der Waals surface area contributed by atoms with E-state index in [1.165, 1.54) is 64.2 Å². The molecule has 1 atom stereocenters. The van der Waals surface area contributed by atoms with Crippen molar-refractivity contribution in [3.63, 3.8) is 0 Å². The van der Waals surface area contributed by atoms with Crippen molar-refractivity contribution in [1.29, 1.82) is 0 Å². The first-order valence-electron chi connectivity index (χ1n) is 9.00. The monoisotopic (exact) mass is 284 g/mol. The Labute approximate surface area is 126 Å². The van der Waals surface area contributed by atoms with Crippen molar-refractivity contribution in [1.82, 2.24) is 0 Å². The molecule has 1 aliphatic heterocycles. The molecule has 0 amide bonds. The van der Waals surface area contributed by atoms with Gasteiger partial charge in [-0.2, -0.15) is 0 Å². The maximum Gasteiger partial charge on any atom is 0.0781 e. The minimum atomic E-state index is -0.276. The molecule has 2 fully saturated rings. The fourth-order valence-electron chi connectivity index (χ4n) is 2.97. The van der Waals surface area contributed by atoms with E-state index in [1.54, 1.807) is 0 Å². The summed E-state index contributed by atoms with van der Waals surface area (Å²) in [7, 11) is 0. The lowest BCUT2D eigenvalue weighted by Crippen LogP contribution is -2.30. The van der Waals surface area contributed by atoms with Gasteiger partial charge in [0.1, 0.15) is 0 Å². The zero-order valence-electron chi connectivity index (χ0n) is 13.8. The van der Waals surface area contributed by atoms with Gasteiger partial charge in [0.25, 0.3) is 0 Å². The topological polar surface area (TPSA) is 32.8 Å². The summed E-state index contributed by atoms with van der Waals surface area (Å²) in [6.45, 7) is 5.30. The van der Waals surface area contributed by atoms with Crippen LogP contribution < -0.4 is 0 Å². The molecule has 2 heteroatoms. The van der Waals surface area contributed by atoms with Gasteiger partial charge in [0, 0.05) is 0 Å². The van der Waals surface area contributed by atoms with Gasteiger partial charge in [-0.3, -0.25) is 0 Å². The zero-order chi connectivity index (χ0) is 14.7. The highest BCUT2D eigenvalue weighted by Crippen LogP contribution is 2.32. The van der Waals surface area contributed by atoms with Crippen LogP contribution in [-0.4, -0.2) is 23.4 Å². The lowest BCUT2D eigenvalue weighted by Gasteiger charge is -2.32. The average Bonchev–Trinajstić information content (AvgIpc) is 3.22. The molecule has 0 aromatic heterocycles. The van der Waals surface area contributed by atoms with Crippen LogP contribution in [0.15, 0.2) is 0 Å². The van der Waals surface area contributed by atoms with Crippen LogP contribution in [0.1, 0.15) is 97.3 Å². The molecule has 2 nitrogen and oxygen atoms in total. The number of aliphatic hydroxyl groups is 1. The molecule has 1 aliphatic carbocycles. The van der Waals surface area contributed by atoms with Crippen molar-refractivity contribution in [2.75, 3.05) is 6.61 Å². The van der Waals surface area contributed by atoms with Crippen LogP contribution in [0.5, 0.6) is 0 Å². The van der Waals surface area contributed by atoms with Gasteiger partial charge >= 0.3 is 0 Å². The summed E-state index contributed by atoms with van der Waals surface area (Å²) in [5.41, 5.74) is -0.276. The van der Waals surface area contributed by atoms with Gasteiger partial charge in [-0.25, -0.2) is 0 Å². The van der Waals surface area contributed by atoms with Crippen molar-refractivity contribution in [3.05, 3.63) is 0 Å². The third-order valence-corrected chi connectivity index (χ3v) is 4.53. The third kappa shape index (κ3) is 9.77. The van der Waals surface area contributed by atoms with Gasteiger partial charge in [0.15, 0.2) is 0 Å². The second kappa shape index (κ2) is 10.6. The van der Waals surface area contributed by atoms with Gasteiger partial charge < -0.3 is 9.84 Å². The van der Waals surface area contributed by atoms with Crippen LogP contribution in [0, 0.1) is 0 Å². The van der Waals surface area contributed by atoms with E-state index in [0.29, 0.717) is 6.10 Å². The van der Waals surface area contributed by atoms with Crippen molar-refractivity contribution >= 4 is 0 Å². The van der Waals surface area contributed by atoms with E-state index in [-0.39, 0.29) is 5.60 Å². The van der Waals surface area contributed by atoms with E-state index < -0.39 is 0 Å². The maximum atomic E-state index is 10.3. The largest absolute Gasteiger partial charge is 0.390 e. The second-order valence-corrected chi connectivity index (χ2v) is 6.80. The molecule has 1 heterocycles. The molecule has 0 bridgehead atoms. The van der Waals surface area contributed by atoms with Crippen molar-refractivity contribution in [2.24, 2.45) is 0 Å². The number of unbranched alkanes of at least 4 members (excludes halogenated alkanes) is 6. The minimum absolute atomic E-state index is 0.276. The lowest BCUT2D eigenvalue weighted by molar-refractivity contribution is -0.00587. The van der Waals surface area contributed by atoms with E-state index in [9.17, 15) is 5.11 Å². The van der Waals surface area contributed by atoms with Crippen molar-refractivity contribution in [3.8, 4) is 0 Å². The summed E-state index contributed by atoms with van der Waals surface area (Å²) in [6.07, 6.45) is 17.0. The van der Waals surface area contributed by atoms with Crippen LogP contribution in [0.2, 0.25) is 0 Å². The van der Waals surface area contributed by atoms with Gasteiger partial charge in [-0.15, -0.1) is 0 Å². The summed E-state index contributed by atoms with van der Waals surface area (Å²) < 4.78 is 4.71. The summed E-state index contributed by atoms with van der Waals surface area (Å²) in [5.74, 6) is 0. The van der Waals surface area contributed by atoms with Crippen molar-refractivity contribution < 1.29 is 9.84 Å². The smallest absolute Gasteiger partial charge is 0.0781 e. The Kier molecular flexibility index (Phi) is 9.54. The molecular weight excluding hydrogens is 248 g/mol. The molecule has 120 valence electrons. The number of hydrogen-bond donors (Lipinski definition) is 1. The fraction of sp³-hybridized carbons (Fsp3) is 1.00. The van der Waals surface area contributed by atoms with Gasteiger partial charge in [-0.1, -0.05) is 71.1 Å². The van der Waals surface area contributed by atoms with E-state index in [0.717, 1.165) is 25.9 Å². The third-order valence-electron chi connectivity index (χ3n) is 4.53. The molecule has 2 rings (SSSR count). The van der Waals surface area contributed by atoms with Crippen molar-refractivity contribution in [2.45, 2.75) is 109 Å². The average molecular weight is 284 g/mol. The van der Waals surface area contributed by atoms with E-state index in [2.05, 4.69) is 13.8 Å². The molecule has 1 unspecified atom stereocenters. The highest BCUT2D eigenvalue weighted by Gasteiger charge is 2.27. The molecule has 2 aliphatic rings. The first-order valence-corrected chi connectivity index (χ1v) is 9.00. The molecular formula is C18H36O2. The Morgan fingerprint density at radius 3 is 1.95 bits per heavy atom. The predicted molar refractivity (Wildman–Crippen MR) is 86.1 cm³/mol. The van der Waals surface area contributed by atoms with Gasteiger partial charge in [-0.05, 0) is 26.2 Å². The lowest BCUT2D eigenvalue weighted by atomic mass is 9.81. The number of ether oxygens (including phenoxy) is 1. The van der Waals surface area contributed by atoms with Crippen LogP contribution >= 0.6 is 0 Å². The summed E-state index contributed by atoms with van der Waals surface area (Å²) in [6, 6.07) is 0. The standard InChI is InChI=1S/C15H30O.C3H6O/c1-2-3-4-5-6-7-9-12-15(16)13-10-8-11-14-15;1-3-2-4-3/h16H,2-14H2,1H3;3H,2H2,1H3.